The molecule has 1 aromatic carbocycles. The quantitative estimate of drug-likeness (QED) is 0.896. The van der Waals surface area contributed by atoms with Gasteiger partial charge in [0.25, 0.3) is 0 Å². The fourth-order valence-electron chi connectivity index (χ4n) is 2.26. The van der Waals surface area contributed by atoms with Crippen LogP contribution in [0.5, 0.6) is 0 Å². The molecule has 2 rings (SSSR count). The third kappa shape index (κ3) is 2.97. The Balaban J connectivity index is 2.23. The van der Waals surface area contributed by atoms with Gasteiger partial charge in [-0.2, -0.15) is 0 Å². The van der Waals surface area contributed by atoms with E-state index in [2.05, 4.69) is 18.7 Å². The van der Waals surface area contributed by atoms with Crippen molar-refractivity contribution < 1.29 is 9.84 Å². The van der Waals surface area contributed by atoms with E-state index >= 15 is 0 Å². The Hall–Kier alpha value is -0.770. The zero-order valence-corrected chi connectivity index (χ0v) is 11.9. The van der Waals surface area contributed by atoms with Gasteiger partial charge in [0.2, 0.25) is 0 Å². The highest BCUT2D eigenvalue weighted by Crippen LogP contribution is 2.31. The van der Waals surface area contributed by atoms with Gasteiger partial charge in [0.1, 0.15) is 0 Å². The second kappa shape index (κ2) is 5.08. The first-order chi connectivity index (χ1) is 8.39. The molecular formula is C14H20ClNO2. The molecule has 1 fully saturated rings. The number of ether oxygens (including phenoxy) is 1. The van der Waals surface area contributed by atoms with Crippen LogP contribution in [0.3, 0.4) is 0 Å². The van der Waals surface area contributed by atoms with E-state index in [1.54, 1.807) is 6.92 Å². The summed E-state index contributed by atoms with van der Waals surface area (Å²) < 4.78 is 5.69. The molecule has 4 heteroatoms. The SMILES string of the molecule is C[C@@H](O)c1ccc(N2CCOC(C)(C)C2)c(Cl)c1. The van der Waals surface area contributed by atoms with Gasteiger partial charge < -0.3 is 14.7 Å². The molecule has 0 bridgehead atoms. The fraction of sp³-hybridized carbons (Fsp3) is 0.571. The predicted octanol–water partition coefficient (Wildman–Crippen LogP) is 3.01. The average Bonchev–Trinajstić information content (AvgIpc) is 2.27. The number of anilines is 1. The lowest BCUT2D eigenvalue weighted by Crippen LogP contribution is -2.48. The van der Waals surface area contributed by atoms with Gasteiger partial charge in [0, 0.05) is 13.1 Å². The number of morpholine rings is 1. The lowest BCUT2D eigenvalue weighted by Gasteiger charge is -2.39. The molecule has 1 N–H and O–H groups in total. The van der Waals surface area contributed by atoms with Gasteiger partial charge in [0.15, 0.2) is 0 Å². The van der Waals surface area contributed by atoms with E-state index in [9.17, 15) is 5.11 Å². The zero-order chi connectivity index (χ0) is 13.3. The maximum absolute atomic E-state index is 9.54. The smallest absolute Gasteiger partial charge is 0.0801 e. The van der Waals surface area contributed by atoms with Crippen molar-refractivity contribution >= 4 is 17.3 Å². The van der Waals surface area contributed by atoms with Crippen LogP contribution in [0.4, 0.5) is 5.69 Å². The molecule has 0 aliphatic carbocycles. The summed E-state index contributed by atoms with van der Waals surface area (Å²) in [5, 5.41) is 10.2. The number of rotatable bonds is 2. The van der Waals surface area contributed by atoms with Crippen molar-refractivity contribution in [1.29, 1.82) is 0 Å². The molecule has 18 heavy (non-hydrogen) atoms. The van der Waals surface area contributed by atoms with Crippen LogP contribution >= 0.6 is 11.6 Å². The van der Waals surface area contributed by atoms with Crippen molar-refractivity contribution in [3.63, 3.8) is 0 Å². The molecule has 0 radical (unpaired) electrons. The first kappa shape index (κ1) is 13.7. The number of hydrogen-bond donors (Lipinski definition) is 1. The Kier molecular flexibility index (Phi) is 3.85. The van der Waals surface area contributed by atoms with Crippen LogP contribution in [-0.4, -0.2) is 30.4 Å². The van der Waals surface area contributed by atoms with E-state index in [1.165, 1.54) is 0 Å². The van der Waals surface area contributed by atoms with Crippen molar-refractivity contribution in [2.24, 2.45) is 0 Å². The van der Waals surface area contributed by atoms with Crippen molar-refractivity contribution in [2.75, 3.05) is 24.6 Å². The summed E-state index contributed by atoms with van der Waals surface area (Å²) in [6, 6.07) is 5.74. The highest BCUT2D eigenvalue weighted by Gasteiger charge is 2.28. The first-order valence-electron chi connectivity index (χ1n) is 6.25. The molecule has 0 unspecified atom stereocenters. The number of halogens is 1. The molecular weight excluding hydrogens is 250 g/mol. The van der Waals surface area contributed by atoms with Gasteiger partial charge in [-0.15, -0.1) is 0 Å². The average molecular weight is 270 g/mol. The molecule has 100 valence electrons. The topological polar surface area (TPSA) is 32.7 Å². The predicted molar refractivity (Wildman–Crippen MR) is 74.3 cm³/mol. The molecule has 0 aromatic heterocycles. The molecule has 1 aliphatic heterocycles. The molecule has 1 saturated heterocycles. The molecule has 1 aromatic rings. The minimum Gasteiger partial charge on any atom is -0.389 e. The van der Waals surface area contributed by atoms with E-state index in [4.69, 9.17) is 16.3 Å². The van der Waals surface area contributed by atoms with Crippen molar-refractivity contribution in [1.82, 2.24) is 0 Å². The van der Waals surface area contributed by atoms with Crippen molar-refractivity contribution in [2.45, 2.75) is 32.5 Å². The van der Waals surface area contributed by atoms with Crippen LogP contribution in [0.2, 0.25) is 5.02 Å². The van der Waals surface area contributed by atoms with Gasteiger partial charge in [-0.25, -0.2) is 0 Å². The Bertz CT molecular complexity index is 432. The maximum Gasteiger partial charge on any atom is 0.0801 e. The minimum absolute atomic E-state index is 0.148. The van der Waals surface area contributed by atoms with E-state index in [1.807, 2.05) is 18.2 Å². The van der Waals surface area contributed by atoms with Crippen molar-refractivity contribution in [3.05, 3.63) is 28.8 Å². The summed E-state index contributed by atoms with van der Waals surface area (Å²) in [5.41, 5.74) is 1.71. The number of hydrogen-bond acceptors (Lipinski definition) is 3. The number of aliphatic hydroxyl groups excluding tert-OH is 1. The molecule has 3 nitrogen and oxygen atoms in total. The fourth-order valence-corrected chi connectivity index (χ4v) is 2.57. The van der Waals surface area contributed by atoms with Gasteiger partial charge in [-0.1, -0.05) is 17.7 Å². The molecule has 0 saturated carbocycles. The maximum atomic E-state index is 9.54. The minimum atomic E-state index is -0.488. The van der Waals surface area contributed by atoms with E-state index in [-0.39, 0.29) is 5.60 Å². The van der Waals surface area contributed by atoms with E-state index in [0.717, 1.165) is 24.3 Å². The van der Waals surface area contributed by atoms with Crippen LogP contribution in [0.1, 0.15) is 32.4 Å². The Morgan fingerprint density at radius 2 is 2.17 bits per heavy atom. The Labute approximate surface area is 113 Å². The largest absolute Gasteiger partial charge is 0.389 e. The molecule has 1 heterocycles. The lowest BCUT2D eigenvalue weighted by atomic mass is 10.1. The second-order valence-electron chi connectivity index (χ2n) is 5.42. The van der Waals surface area contributed by atoms with Crippen LogP contribution in [0, 0.1) is 0 Å². The Morgan fingerprint density at radius 3 is 2.72 bits per heavy atom. The van der Waals surface area contributed by atoms with Crippen LogP contribution < -0.4 is 4.90 Å². The van der Waals surface area contributed by atoms with Gasteiger partial charge >= 0.3 is 0 Å². The number of benzene rings is 1. The number of aliphatic hydroxyl groups is 1. The first-order valence-corrected chi connectivity index (χ1v) is 6.63. The summed E-state index contributed by atoms with van der Waals surface area (Å²) in [6.45, 7) is 8.27. The summed E-state index contributed by atoms with van der Waals surface area (Å²) in [7, 11) is 0. The summed E-state index contributed by atoms with van der Waals surface area (Å²) >= 11 is 6.31. The highest BCUT2D eigenvalue weighted by atomic mass is 35.5. The number of nitrogens with zero attached hydrogens (tertiary/aromatic N) is 1. The summed E-state index contributed by atoms with van der Waals surface area (Å²) in [4.78, 5) is 2.23. The van der Waals surface area contributed by atoms with E-state index in [0.29, 0.717) is 11.6 Å². The van der Waals surface area contributed by atoms with Crippen LogP contribution in [-0.2, 0) is 4.74 Å². The second-order valence-corrected chi connectivity index (χ2v) is 5.82. The van der Waals surface area contributed by atoms with Gasteiger partial charge in [-0.3, -0.25) is 0 Å². The standard InChI is InChI=1S/C14H20ClNO2/c1-10(17)11-4-5-13(12(15)8-11)16-6-7-18-14(2,3)9-16/h4-5,8,10,17H,6-7,9H2,1-3H3/t10-/m1/s1. The van der Waals surface area contributed by atoms with Gasteiger partial charge in [-0.05, 0) is 38.5 Å². The third-order valence-corrected chi connectivity index (χ3v) is 3.52. The zero-order valence-electron chi connectivity index (χ0n) is 11.1. The molecule has 0 spiro atoms. The van der Waals surface area contributed by atoms with Gasteiger partial charge in [0.05, 0.1) is 29.0 Å². The molecule has 0 amide bonds. The Morgan fingerprint density at radius 1 is 1.44 bits per heavy atom. The lowest BCUT2D eigenvalue weighted by molar-refractivity contribution is -0.0276. The van der Waals surface area contributed by atoms with Crippen molar-refractivity contribution in [3.8, 4) is 0 Å². The normalized spacial score (nSPS) is 20.8. The molecule has 1 aliphatic rings. The summed E-state index contributed by atoms with van der Waals surface area (Å²) in [5.74, 6) is 0. The van der Waals surface area contributed by atoms with Crippen LogP contribution in [0.25, 0.3) is 0 Å². The highest BCUT2D eigenvalue weighted by molar-refractivity contribution is 6.33. The summed E-state index contributed by atoms with van der Waals surface area (Å²) in [6.07, 6.45) is -0.488. The molecule has 1 atom stereocenters. The monoisotopic (exact) mass is 269 g/mol. The van der Waals surface area contributed by atoms with E-state index < -0.39 is 6.10 Å². The van der Waals surface area contributed by atoms with Crippen LogP contribution in [0.15, 0.2) is 18.2 Å². The third-order valence-electron chi connectivity index (χ3n) is 3.22.